The molecule has 2 aromatic carbocycles. The van der Waals surface area contributed by atoms with Gasteiger partial charge in [0, 0.05) is 33.6 Å². The Bertz CT molecular complexity index is 1240. The molecular formula is C29H34Cl2N2O4S. The van der Waals surface area contributed by atoms with Crippen molar-refractivity contribution in [3.05, 3.63) is 79.5 Å². The molecule has 0 spiro atoms. The summed E-state index contributed by atoms with van der Waals surface area (Å²) in [5.41, 5.74) is 2.52. The number of carbonyl (C=O) groups excluding carboxylic acids is 2. The molecule has 1 heterocycles. The maximum absolute atomic E-state index is 13.7. The predicted molar refractivity (Wildman–Crippen MR) is 155 cm³/mol. The van der Waals surface area contributed by atoms with Crippen LogP contribution in [-0.2, 0) is 17.8 Å². The highest BCUT2D eigenvalue weighted by Gasteiger charge is 2.24. The van der Waals surface area contributed by atoms with Crippen molar-refractivity contribution in [1.82, 2.24) is 9.80 Å². The fourth-order valence-electron chi connectivity index (χ4n) is 4.11. The van der Waals surface area contributed by atoms with Crippen molar-refractivity contribution in [2.45, 2.75) is 33.7 Å². The summed E-state index contributed by atoms with van der Waals surface area (Å²) in [5, 5.41) is 2.78. The van der Waals surface area contributed by atoms with Gasteiger partial charge in [-0.25, -0.2) is 0 Å². The highest BCUT2D eigenvalue weighted by molar-refractivity contribution is 7.10. The van der Waals surface area contributed by atoms with E-state index in [1.54, 1.807) is 48.7 Å². The van der Waals surface area contributed by atoms with E-state index in [9.17, 15) is 9.59 Å². The number of aryl methyl sites for hydroxylation is 1. The second kappa shape index (κ2) is 13.9. The third-order valence-corrected chi connectivity index (χ3v) is 7.53. The molecule has 6 nitrogen and oxygen atoms in total. The molecule has 0 aliphatic heterocycles. The van der Waals surface area contributed by atoms with E-state index in [1.165, 1.54) is 0 Å². The lowest BCUT2D eigenvalue weighted by atomic mass is 10.1. The molecule has 0 bridgehead atoms. The molecule has 0 saturated heterocycles. The zero-order valence-corrected chi connectivity index (χ0v) is 24.8. The van der Waals surface area contributed by atoms with Crippen LogP contribution in [0.4, 0.5) is 0 Å². The number of rotatable bonds is 12. The summed E-state index contributed by atoms with van der Waals surface area (Å²) in [5.74, 6) is 1.07. The van der Waals surface area contributed by atoms with Gasteiger partial charge in [0.25, 0.3) is 5.91 Å². The van der Waals surface area contributed by atoms with E-state index in [-0.39, 0.29) is 24.3 Å². The van der Waals surface area contributed by atoms with Crippen molar-refractivity contribution in [2.75, 3.05) is 33.9 Å². The minimum absolute atomic E-state index is 0.0441. The lowest BCUT2D eigenvalue weighted by molar-refractivity contribution is -0.132. The summed E-state index contributed by atoms with van der Waals surface area (Å²) in [6, 6.07) is 12.6. The first-order chi connectivity index (χ1) is 18.1. The molecule has 0 atom stereocenters. The zero-order chi connectivity index (χ0) is 27.8. The van der Waals surface area contributed by atoms with Crippen LogP contribution in [0.25, 0.3) is 0 Å². The van der Waals surface area contributed by atoms with Crippen LogP contribution >= 0.6 is 34.5 Å². The Morgan fingerprint density at radius 2 is 1.63 bits per heavy atom. The Kier molecular flexibility index (Phi) is 10.9. The van der Waals surface area contributed by atoms with Gasteiger partial charge >= 0.3 is 0 Å². The minimum atomic E-state index is -0.274. The molecule has 0 radical (unpaired) electrons. The monoisotopic (exact) mass is 576 g/mol. The molecule has 1 aromatic heterocycles. The standard InChI is InChI=1S/C29H34Cl2N2O4S/c1-19(2)16-33(29(35)22-13-23(30)15-24(31)14-22)18-28(34)32(17-27-20(3)9-11-38-27)10-8-21-6-7-25(36-4)26(12-21)37-5/h6-7,9,11-15,19H,8,10,16-18H2,1-5H3. The van der Waals surface area contributed by atoms with Crippen LogP contribution in [-0.4, -0.2) is 55.5 Å². The molecule has 0 N–H and O–H groups in total. The Morgan fingerprint density at radius 3 is 2.21 bits per heavy atom. The van der Waals surface area contributed by atoms with Gasteiger partial charge in [0.15, 0.2) is 11.5 Å². The van der Waals surface area contributed by atoms with Crippen molar-refractivity contribution >= 4 is 46.4 Å². The summed E-state index contributed by atoms with van der Waals surface area (Å²) < 4.78 is 10.8. The summed E-state index contributed by atoms with van der Waals surface area (Å²) in [6.45, 7) is 7.41. The normalized spacial score (nSPS) is 10.9. The molecule has 0 saturated carbocycles. The first-order valence-corrected chi connectivity index (χ1v) is 14.0. The van der Waals surface area contributed by atoms with Crippen LogP contribution < -0.4 is 9.47 Å². The molecule has 0 aliphatic rings. The molecule has 3 rings (SSSR count). The second-order valence-electron chi connectivity index (χ2n) is 9.52. The topological polar surface area (TPSA) is 59.1 Å². The van der Waals surface area contributed by atoms with Crippen molar-refractivity contribution in [1.29, 1.82) is 0 Å². The van der Waals surface area contributed by atoms with E-state index in [0.717, 1.165) is 16.0 Å². The van der Waals surface area contributed by atoms with Crippen molar-refractivity contribution in [2.24, 2.45) is 5.92 Å². The van der Waals surface area contributed by atoms with Gasteiger partial charge in [-0.15, -0.1) is 11.3 Å². The van der Waals surface area contributed by atoms with Gasteiger partial charge < -0.3 is 19.3 Å². The average Bonchev–Trinajstić information content (AvgIpc) is 3.28. The van der Waals surface area contributed by atoms with E-state index >= 15 is 0 Å². The number of hydrogen-bond donors (Lipinski definition) is 0. The number of hydrogen-bond acceptors (Lipinski definition) is 5. The fraction of sp³-hybridized carbons (Fsp3) is 0.379. The molecule has 3 aromatic rings. The van der Waals surface area contributed by atoms with Gasteiger partial charge in [-0.05, 0) is 72.2 Å². The maximum Gasteiger partial charge on any atom is 0.254 e. The number of thiophene rings is 1. The van der Waals surface area contributed by atoms with Gasteiger partial charge in [-0.3, -0.25) is 9.59 Å². The molecule has 0 fully saturated rings. The summed E-state index contributed by atoms with van der Waals surface area (Å²) in [7, 11) is 3.20. The minimum Gasteiger partial charge on any atom is -0.493 e. The van der Waals surface area contributed by atoms with E-state index in [4.69, 9.17) is 32.7 Å². The number of methoxy groups -OCH3 is 2. The third kappa shape index (κ3) is 8.13. The molecule has 38 heavy (non-hydrogen) atoms. The Balaban J connectivity index is 1.83. The second-order valence-corrected chi connectivity index (χ2v) is 11.4. The predicted octanol–water partition coefficient (Wildman–Crippen LogP) is 6.75. The highest BCUT2D eigenvalue weighted by Crippen LogP contribution is 2.28. The smallest absolute Gasteiger partial charge is 0.254 e. The van der Waals surface area contributed by atoms with Gasteiger partial charge in [-0.2, -0.15) is 0 Å². The molecule has 0 unspecified atom stereocenters. The lowest BCUT2D eigenvalue weighted by Crippen LogP contribution is -2.44. The molecule has 204 valence electrons. The van der Waals surface area contributed by atoms with Gasteiger partial charge in [0.05, 0.1) is 20.8 Å². The third-order valence-electron chi connectivity index (χ3n) is 6.08. The highest BCUT2D eigenvalue weighted by atomic mass is 35.5. The summed E-state index contributed by atoms with van der Waals surface area (Å²) in [6.07, 6.45) is 0.624. The van der Waals surface area contributed by atoms with E-state index in [2.05, 4.69) is 6.07 Å². The van der Waals surface area contributed by atoms with Crippen molar-refractivity contribution < 1.29 is 19.1 Å². The Labute approximate surface area is 239 Å². The van der Waals surface area contributed by atoms with E-state index in [0.29, 0.717) is 53.2 Å². The lowest BCUT2D eigenvalue weighted by Gasteiger charge is -2.29. The van der Waals surface area contributed by atoms with Crippen LogP contribution in [0, 0.1) is 12.8 Å². The summed E-state index contributed by atoms with van der Waals surface area (Å²) in [4.78, 5) is 31.7. The van der Waals surface area contributed by atoms with Crippen LogP contribution in [0.3, 0.4) is 0 Å². The first kappa shape index (κ1) is 29.8. The fourth-order valence-corrected chi connectivity index (χ4v) is 5.56. The Morgan fingerprint density at radius 1 is 0.947 bits per heavy atom. The quantitative estimate of drug-likeness (QED) is 0.239. The number of amides is 2. The molecular weight excluding hydrogens is 543 g/mol. The zero-order valence-electron chi connectivity index (χ0n) is 22.4. The van der Waals surface area contributed by atoms with E-state index in [1.807, 2.05) is 49.3 Å². The summed E-state index contributed by atoms with van der Waals surface area (Å²) >= 11 is 13.9. The first-order valence-electron chi connectivity index (χ1n) is 12.4. The van der Waals surface area contributed by atoms with Crippen LogP contribution in [0.5, 0.6) is 11.5 Å². The van der Waals surface area contributed by atoms with Gasteiger partial charge in [0.1, 0.15) is 6.54 Å². The number of carbonyl (C=O) groups is 2. The van der Waals surface area contributed by atoms with Crippen molar-refractivity contribution in [3.63, 3.8) is 0 Å². The SMILES string of the molecule is COc1ccc(CCN(Cc2sccc2C)C(=O)CN(CC(C)C)C(=O)c2cc(Cl)cc(Cl)c2)cc1OC. The van der Waals surface area contributed by atoms with E-state index < -0.39 is 0 Å². The van der Waals surface area contributed by atoms with Crippen molar-refractivity contribution in [3.8, 4) is 11.5 Å². The van der Waals surface area contributed by atoms with Gasteiger partial charge in [-0.1, -0.05) is 43.1 Å². The van der Waals surface area contributed by atoms with Gasteiger partial charge in [0.2, 0.25) is 5.91 Å². The maximum atomic E-state index is 13.7. The average molecular weight is 578 g/mol. The van der Waals surface area contributed by atoms with Crippen LogP contribution in [0.1, 0.15) is 40.2 Å². The molecule has 9 heteroatoms. The molecule has 2 amide bonds. The largest absolute Gasteiger partial charge is 0.493 e. The van der Waals surface area contributed by atoms with Crippen LogP contribution in [0.15, 0.2) is 47.8 Å². The number of benzene rings is 2. The Hall–Kier alpha value is -2.74. The number of nitrogens with zero attached hydrogens (tertiary/aromatic N) is 2. The van der Waals surface area contributed by atoms with Crippen LogP contribution in [0.2, 0.25) is 10.0 Å². The number of halogens is 2. The number of ether oxygens (including phenoxy) is 2. The molecule has 0 aliphatic carbocycles.